The lowest BCUT2D eigenvalue weighted by Crippen LogP contribution is -2.42. The number of rotatable bonds is 4. The fourth-order valence-corrected chi connectivity index (χ4v) is 5.17. The van der Waals surface area contributed by atoms with E-state index in [4.69, 9.17) is 9.47 Å². The van der Waals surface area contributed by atoms with Crippen LogP contribution in [0.2, 0.25) is 0 Å². The van der Waals surface area contributed by atoms with E-state index in [1.165, 1.54) is 6.07 Å². The van der Waals surface area contributed by atoms with Crippen molar-refractivity contribution in [1.29, 1.82) is 0 Å². The number of amides is 1. The van der Waals surface area contributed by atoms with E-state index in [1.807, 2.05) is 25.7 Å². The number of alkyl halides is 3. The Morgan fingerprint density at radius 3 is 2.66 bits per heavy atom. The average molecular weight is 456 g/mol. The van der Waals surface area contributed by atoms with Gasteiger partial charge in [0.2, 0.25) is 0 Å². The Balaban J connectivity index is 1.34. The maximum atomic E-state index is 13.0. The van der Waals surface area contributed by atoms with Gasteiger partial charge in [0.1, 0.15) is 17.1 Å². The summed E-state index contributed by atoms with van der Waals surface area (Å²) in [5.41, 5.74) is -1.39. The summed E-state index contributed by atoms with van der Waals surface area (Å²) in [7, 11) is 0. The molecule has 9 heteroatoms. The Labute approximate surface area is 187 Å². The van der Waals surface area contributed by atoms with Gasteiger partial charge in [0.15, 0.2) is 0 Å². The van der Waals surface area contributed by atoms with Crippen LogP contribution in [0.15, 0.2) is 18.2 Å². The van der Waals surface area contributed by atoms with Gasteiger partial charge >= 0.3 is 12.3 Å². The van der Waals surface area contributed by atoms with Crippen LogP contribution in [0.4, 0.5) is 23.8 Å². The maximum absolute atomic E-state index is 13.0. The second-order valence-corrected chi connectivity index (χ2v) is 10.1. The molecule has 4 atom stereocenters. The second-order valence-electron chi connectivity index (χ2n) is 10.1. The molecule has 1 aromatic heterocycles. The molecule has 178 valence electrons. The molecule has 2 aliphatic heterocycles. The molecule has 3 fully saturated rings. The number of likely N-dealkylation sites (tertiary alicyclic amines) is 1. The number of carbonyl (C=O) groups is 1. The van der Waals surface area contributed by atoms with Gasteiger partial charge < -0.3 is 19.3 Å². The molecule has 1 unspecified atom stereocenters. The van der Waals surface area contributed by atoms with E-state index in [0.717, 1.165) is 31.7 Å². The highest BCUT2D eigenvalue weighted by atomic mass is 19.4. The fourth-order valence-electron chi connectivity index (χ4n) is 5.17. The van der Waals surface area contributed by atoms with Gasteiger partial charge in [0.25, 0.3) is 0 Å². The van der Waals surface area contributed by atoms with Crippen LogP contribution in [-0.2, 0) is 15.7 Å². The van der Waals surface area contributed by atoms with Gasteiger partial charge in [-0.1, -0.05) is 6.07 Å². The number of anilines is 1. The van der Waals surface area contributed by atoms with Gasteiger partial charge in [-0.3, -0.25) is 0 Å². The van der Waals surface area contributed by atoms with Gasteiger partial charge in [-0.15, -0.1) is 0 Å². The number of hydrogen-bond acceptors (Lipinski definition) is 5. The van der Waals surface area contributed by atoms with E-state index < -0.39 is 17.5 Å². The molecule has 0 spiro atoms. The number of halogens is 3. The third kappa shape index (κ3) is 5.13. The molecule has 1 amide bonds. The van der Waals surface area contributed by atoms with E-state index in [1.54, 1.807) is 11.0 Å². The van der Waals surface area contributed by atoms with Crippen LogP contribution in [0.3, 0.4) is 0 Å². The highest BCUT2D eigenvalue weighted by Gasteiger charge is 2.44. The van der Waals surface area contributed by atoms with Crippen molar-refractivity contribution in [2.45, 2.75) is 70.4 Å². The van der Waals surface area contributed by atoms with Crippen LogP contribution in [0, 0.1) is 11.8 Å². The molecular weight excluding hydrogens is 423 g/mol. The van der Waals surface area contributed by atoms with Crippen LogP contribution < -0.4 is 4.90 Å². The van der Waals surface area contributed by atoms with Gasteiger partial charge in [0.05, 0.1) is 18.8 Å². The van der Waals surface area contributed by atoms with Crippen LogP contribution in [0.5, 0.6) is 0 Å². The van der Waals surface area contributed by atoms with Crippen molar-refractivity contribution in [2.75, 3.05) is 31.1 Å². The standard InChI is InChI=1S/C23H32F3N3O3/c1-22(2,3)32-21(30)29-11-5-6-16(29)14-31-18-10-9-15-12-28(13-17(15)18)20-8-4-7-19(27-20)23(24,25)26/h4,7-8,15-18H,5-6,9-14H2,1-3H3/t15-,16?,17+,18+/m1/s1. The summed E-state index contributed by atoms with van der Waals surface area (Å²) in [5.74, 6) is 1.03. The van der Waals surface area contributed by atoms with Crippen LogP contribution in [0.1, 0.15) is 52.1 Å². The lowest BCUT2D eigenvalue weighted by atomic mass is 9.99. The largest absolute Gasteiger partial charge is 0.444 e. The predicted octanol–water partition coefficient (Wildman–Crippen LogP) is 4.73. The molecule has 2 saturated heterocycles. The minimum absolute atomic E-state index is 0.00606. The van der Waals surface area contributed by atoms with Crippen LogP contribution >= 0.6 is 0 Å². The van der Waals surface area contributed by atoms with E-state index >= 15 is 0 Å². The van der Waals surface area contributed by atoms with E-state index in [0.29, 0.717) is 38.0 Å². The van der Waals surface area contributed by atoms with Crippen molar-refractivity contribution in [3.63, 3.8) is 0 Å². The normalized spacial score (nSPS) is 28.3. The Bertz CT molecular complexity index is 827. The smallest absolute Gasteiger partial charge is 0.433 e. The lowest BCUT2D eigenvalue weighted by molar-refractivity contribution is -0.141. The minimum atomic E-state index is -4.45. The molecule has 0 N–H and O–H groups in total. The predicted molar refractivity (Wildman–Crippen MR) is 113 cm³/mol. The van der Waals surface area contributed by atoms with E-state index in [9.17, 15) is 18.0 Å². The number of pyridine rings is 1. The quantitative estimate of drug-likeness (QED) is 0.657. The topological polar surface area (TPSA) is 54.9 Å². The first-order chi connectivity index (χ1) is 15.0. The average Bonchev–Trinajstić information content (AvgIpc) is 3.40. The van der Waals surface area contributed by atoms with Gasteiger partial charge in [-0.25, -0.2) is 9.78 Å². The summed E-state index contributed by atoms with van der Waals surface area (Å²) in [6.07, 6.45) is -0.936. The molecule has 3 heterocycles. The van der Waals surface area contributed by atoms with E-state index in [-0.39, 0.29) is 24.2 Å². The SMILES string of the molecule is CC(C)(C)OC(=O)N1CCCC1CO[C@H]1CC[C@@H]2CN(c3cccc(C(F)(F)F)n3)C[C@@H]21. The monoisotopic (exact) mass is 455 g/mol. The molecule has 1 aromatic rings. The molecule has 0 aromatic carbocycles. The number of carbonyl (C=O) groups excluding carboxylic acids is 1. The summed E-state index contributed by atoms with van der Waals surface area (Å²) in [4.78, 5) is 20.1. The number of ether oxygens (including phenoxy) is 2. The highest BCUT2D eigenvalue weighted by molar-refractivity contribution is 5.69. The zero-order chi connectivity index (χ0) is 23.1. The summed E-state index contributed by atoms with van der Waals surface area (Å²) in [6, 6.07) is 4.07. The first kappa shape index (κ1) is 23.1. The van der Waals surface area contributed by atoms with Crippen molar-refractivity contribution < 1.29 is 27.4 Å². The van der Waals surface area contributed by atoms with Crippen molar-refractivity contribution >= 4 is 11.9 Å². The number of hydrogen-bond donors (Lipinski definition) is 0. The molecule has 3 aliphatic rings. The Hall–Kier alpha value is -2.03. The van der Waals surface area contributed by atoms with Crippen molar-refractivity contribution in [2.24, 2.45) is 11.8 Å². The molecular formula is C23H32F3N3O3. The van der Waals surface area contributed by atoms with E-state index in [2.05, 4.69) is 4.98 Å². The van der Waals surface area contributed by atoms with Gasteiger partial charge in [-0.05, 0) is 64.5 Å². The van der Waals surface area contributed by atoms with Gasteiger partial charge in [-0.2, -0.15) is 13.2 Å². The molecule has 4 rings (SSSR count). The van der Waals surface area contributed by atoms with Crippen molar-refractivity contribution in [3.05, 3.63) is 23.9 Å². The summed E-state index contributed by atoms with van der Waals surface area (Å²) < 4.78 is 50.9. The number of aromatic nitrogens is 1. The third-order valence-corrected chi connectivity index (χ3v) is 6.65. The summed E-state index contributed by atoms with van der Waals surface area (Å²) in [6.45, 7) is 8.06. The first-order valence-corrected chi connectivity index (χ1v) is 11.4. The first-order valence-electron chi connectivity index (χ1n) is 11.4. The summed E-state index contributed by atoms with van der Waals surface area (Å²) >= 11 is 0. The third-order valence-electron chi connectivity index (χ3n) is 6.65. The van der Waals surface area contributed by atoms with Crippen molar-refractivity contribution in [3.8, 4) is 0 Å². The molecule has 1 aliphatic carbocycles. The van der Waals surface area contributed by atoms with Crippen LogP contribution in [-0.4, -0.2) is 60.0 Å². The molecule has 0 radical (unpaired) electrons. The second kappa shape index (κ2) is 8.72. The minimum Gasteiger partial charge on any atom is -0.444 e. The Kier molecular flexibility index (Phi) is 6.31. The van der Waals surface area contributed by atoms with Gasteiger partial charge in [0, 0.05) is 25.6 Å². The summed E-state index contributed by atoms with van der Waals surface area (Å²) in [5, 5.41) is 0. The van der Waals surface area contributed by atoms with Crippen LogP contribution in [0.25, 0.3) is 0 Å². The molecule has 32 heavy (non-hydrogen) atoms. The lowest BCUT2D eigenvalue weighted by Gasteiger charge is -2.30. The zero-order valence-corrected chi connectivity index (χ0v) is 18.9. The number of nitrogens with zero attached hydrogens (tertiary/aromatic N) is 3. The Morgan fingerprint density at radius 2 is 1.94 bits per heavy atom. The highest BCUT2D eigenvalue weighted by Crippen LogP contribution is 2.41. The molecule has 0 bridgehead atoms. The van der Waals surface area contributed by atoms with Crippen molar-refractivity contribution in [1.82, 2.24) is 9.88 Å². The maximum Gasteiger partial charge on any atom is 0.433 e. The molecule has 1 saturated carbocycles. The fraction of sp³-hybridized carbons (Fsp3) is 0.739. The Morgan fingerprint density at radius 1 is 1.16 bits per heavy atom. The molecule has 6 nitrogen and oxygen atoms in total. The zero-order valence-electron chi connectivity index (χ0n) is 18.9. The number of fused-ring (bicyclic) bond motifs is 1.